The summed E-state index contributed by atoms with van der Waals surface area (Å²) in [6.07, 6.45) is 5.51. The molecule has 0 atom stereocenters. The molecule has 0 fully saturated rings. The number of aromatic amines is 1. The largest absolute Gasteiger partial charge is 0.359 e. The van der Waals surface area contributed by atoms with Gasteiger partial charge in [0.1, 0.15) is 5.70 Å². The molecule has 0 unspecified atom stereocenters. The molecule has 90 valence electrons. The maximum atomic E-state index is 11.7. The van der Waals surface area contributed by atoms with Crippen LogP contribution in [0.25, 0.3) is 10.9 Å². The van der Waals surface area contributed by atoms with Gasteiger partial charge in [-0.25, -0.2) is 0 Å². The number of Topliss-reactive ketones (excluding diaryl/α,β-unsaturated/α-hetero) is 1. The molecule has 1 aliphatic heterocycles. The van der Waals surface area contributed by atoms with Crippen molar-refractivity contribution in [2.24, 2.45) is 4.99 Å². The Hall–Kier alpha value is -2.36. The van der Waals surface area contributed by atoms with Gasteiger partial charge in [0.15, 0.2) is 5.78 Å². The van der Waals surface area contributed by atoms with Crippen molar-refractivity contribution < 1.29 is 4.79 Å². The fraction of sp³-hybridized carbons (Fsp3) is 0.143. The summed E-state index contributed by atoms with van der Waals surface area (Å²) in [5.41, 5.74) is 3.64. The van der Waals surface area contributed by atoms with E-state index in [4.69, 9.17) is 0 Å². The Morgan fingerprint density at radius 3 is 3.11 bits per heavy atom. The topological polar surface area (TPSA) is 57.2 Å². The number of aliphatic imine (C=N–C) groups is 1. The predicted molar refractivity (Wildman–Crippen MR) is 72.9 cm³/mol. The van der Waals surface area contributed by atoms with E-state index in [0.717, 1.165) is 16.6 Å². The minimum absolute atomic E-state index is 0.0604. The maximum absolute atomic E-state index is 11.7. The van der Waals surface area contributed by atoms with Gasteiger partial charge in [-0.2, -0.15) is 0 Å². The van der Waals surface area contributed by atoms with E-state index in [1.54, 1.807) is 12.4 Å². The van der Waals surface area contributed by atoms with Crippen molar-refractivity contribution in [2.45, 2.75) is 13.3 Å². The van der Waals surface area contributed by atoms with Gasteiger partial charge >= 0.3 is 0 Å². The monoisotopic (exact) mass is 239 g/mol. The molecule has 1 aromatic heterocycles. The second kappa shape index (κ2) is 4.14. The van der Waals surface area contributed by atoms with E-state index >= 15 is 0 Å². The van der Waals surface area contributed by atoms with Crippen LogP contribution in [0.2, 0.25) is 0 Å². The van der Waals surface area contributed by atoms with E-state index in [2.05, 4.69) is 28.3 Å². The molecule has 0 radical (unpaired) electrons. The van der Waals surface area contributed by atoms with E-state index in [1.807, 2.05) is 18.3 Å². The number of ketones is 1. The molecule has 1 aromatic carbocycles. The molecular formula is C14H13N3O. The van der Waals surface area contributed by atoms with Gasteiger partial charge < -0.3 is 10.3 Å². The molecule has 2 heterocycles. The van der Waals surface area contributed by atoms with E-state index in [-0.39, 0.29) is 5.78 Å². The zero-order chi connectivity index (χ0) is 12.5. The van der Waals surface area contributed by atoms with Gasteiger partial charge in [-0.15, -0.1) is 0 Å². The molecule has 0 saturated heterocycles. The average Bonchev–Trinajstić information content (AvgIpc) is 2.76. The van der Waals surface area contributed by atoms with E-state index in [1.165, 1.54) is 5.56 Å². The quantitative estimate of drug-likeness (QED) is 0.846. The Morgan fingerprint density at radius 1 is 1.39 bits per heavy atom. The molecule has 0 amide bonds. The molecule has 18 heavy (non-hydrogen) atoms. The van der Waals surface area contributed by atoms with Crippen molar-refractivity contribution in [1.82, 2.24) is 4.98 Å². The number of anilines is 1. The molecule has 2 N–H and O–H groups in total. The maximum Gasteiger partial charge on any atom is 0.185 e. The summed E-state index contributed by atoms with van der Waals surface area (Å²) in [7, 11) is 0. The number of allylic oxidation sites excluding steroid dienone is 1. The van der Waals surface area contributed by atoms with Crippen LogP contribution in [0.4, 0.5) is 5.69 Å². The summed E-state index contributed by atoms with van der Waals surface area (Å²) in [4.78, 5) is 18.9. The lowest BCUT2D eigenvalue weighted by molar-refractivity contribution is -0.114. The molecule has 2 aromatic rings. The van der Waals surface area contributed by atoms with Gasteiger partial charge in [-0.3, -0.25) is 9.79 Å². The van der Waals surface area contributed by atoms with Gasteiger partial charge in [0.05, 0.1) is 17.4 Å². The first-order valence-electron chi connectivity index (χ1n) is 5.84. The first-order valence-corrected chi connectivity index (χ1v) is 5.84. The van der Waals surface area contributed by atoms with Gasteiger partial charge in [0.2, 0.25) is 0 Å². The molecule has 4 heteroatoms. The molecule has 0 spiro atoms. The summed E-state index contributed by atoms with van der Waals surface area (Å²) >= 11 is 0. The number of rotatable bonds is 2. The molecule has 0 saturated carbocycles. The summed E-state index contributed by atoms with van der Waals surface area (Å²) in [6, 6.07) is 5.98. The summed E-state index contributed by atoms with van der Waals surface area (Å²) in [6.45, 7) is 2.05. The van der Waals surface area contributed by atoms with Crippen LogP contribution in [-0.4, -0.2) is 17.0 Å². The number of hydrogen-bond donors (Lipinski definition) is 2. The normalized spacial score (nSPS) is 14.9. The van der Waals surface area contributed by atoms with Crippen molar-refractivity contribution in [3.63, 3.8) is 0 Å². The molecule has 3 rings (SSSR count). The molecular weight excluding hydrogens is 226 g/mol. The van der Waals surface area contributed by atoms with Gasteiger partial charge in [-0.1, -0.05) is 12.1 Å². The Morgan fingerprint density at radius 2 is 2.28 bits per heavy atom. The van der Waals surface area contributed by atoms with Gasteiger partial charge in [0.25, 0.3) is 0 Å². The van der Waals surface area contributed by atoms with Crippen LogP contribution in [0.1, 0.15) is 12.0 Å². The number of para-hydroxylation sites is 1. The van der Waals surface area contributed by atoms with E-state index in [0.29, 0.717) is 12.1 Å². The zero-order valence-corrected chi connectivity index (χ0v) is 10.0. The Balaban J connectivity index is 2.02. The minimum atomic E-state index is 0.0604. The minimum Gasteiger partial charge on any atom is -0.359 e. The van der Waals surface area contributed by atoms with Crippen LogP contribution in [0.5, 0.6) is 0 Å². The number of nitrogens with zero attached hydrogens (tertiary/aromatic N) is 1. The molecule has 1 aliphatic rings. The van der Waals surface area contributed by atoms with Gasteiger partial charge in [-0.05, 0) is 18.6 Å². The SMILES string of the molecule is Cc1c[nH]c2c(NC3=CN=CCC3=O)cccc12. The van der Waals surface area contributed by atoms with Crippen molar-refractivity contribution in [3.05, 3.63) is 41.9 Å². The summed E-state index contributed by atoms with van der Waals surface area (Å²) in [5, 5.41) is 4.31. The highest BCUT2D eigenvalue weighted by Crippen LogP contribution is 2.26. The first kappa shape index (κ1) is 10.8. The van der Waals surface area contributed by atoms with Crippen molar-refractivity contribution in [1.29, 1.82) is 0 Å². The number of carbonyl (C=O) groups is 1. The van der Waals surface area contributed by atoms with E-state index in [9.17, 15) is 4.79 Å². The fourth-order valence-corrected chi connectivity index (χ4v) is 2.09. The lowest BCUT2D eigenvalue weighted by Crippen LogP contribution is -2.14. The number of aryl methyl sites for hydroxylation is 1. The van der Waals surface area contributed by atoms with Crippen LogP contribution in [0.3, 0.4) is 0 Å². The lowest BCUT2D eigenvalue weighted by Gasteiger charge is -2.11. The van der Waals surface area contributed by atoms with Crippen LogP contribution in [-0.2, 0) is 4.79 Å². The number of nitrogens with one attached hydrogen (secondary N) is 2. The third kappa shape index (κ3) is 1.72. The fourth-order valence-electron chi connectivity index (χ4n) is 2.09. The Labute approximate surface area is 104 Å². The molecule has 0 bridgehead atoms. The average molecular weight is 239 g/mol. The van der Waals surface area contributed by atoms with Crippen molar-refractivity contribution >= 4 is 28.6 Å². The van der Waals surface area contributed by atoms with E-state index < -0.39 is 0 Å². The second-order valence-electron chi connectivity index (χ2n) is 4.33. The number of benzene rings is 1. The van der Waals surface area contributed by atoms with Crippen molar-refractivity contribution in [3.8, 4) is 0 Å². The summed E-state index contributed by atoms with van der Waals surface area (Å²) < 4.78 is 0. The number of hydrogen-bond acceptors (Lipinski definition) is 3. The molecule has 0 aliphatic carbocycles. The second-order valence-corrected chi connectivity index (χ2v) is 4.33. The predicted octanol–water partition coefficient (Wildman–Crippen LogP) is 2.77. The highest BCUT2D eigenvalue weighted by molar-refractivity contribution is 6.08. The Kier molecular flexibility index (Phi) is 2.48. The molecule has 4 nitrogen and oxygen atoms in total. The van der Waals surface area contributed by atoms with Crippen LogP contribution in [0.15, 0.2) is 41.3 Å². The zero-order valence-electron chi connectivity index (χ0n) is 10.0. The highest BCUT2D eigenvalue weighted by Gasteiger charge is 2.13. The highest BCUT2D eigenvalue weighted by atomic mass is 16.1. The number of H-pyrrole nitrogens is 1. The van der Waals surface area contributed by atoms with Gasteiger partial charge in [0, 0.05) is 24.2 Å². The summed E-state index contributed by atoms with van der Waals surface area (Å²) in [5.74, 6) is 0.0604. The lowest BCUT2D eigenvalue weighted by atomic mass is 10.1. The number of aromatic nitrogens is 1. The standard InChI is InChI=1S/C14H13N3O/c1-9-7-16-14-10(9)3-2-4-11(14)17-12-8-15-6-5-13(12)18/h2-4,6-8,16-17H,5H2,1H3. The van der Waals surface area contributed by atoms with Crippen LogP contribution in [0, 0.1) is 6.92 Å². The van der Waals surface area contributed by atoms with Crippen LogP contribution >= 0.6 is 0 Å². The Bertz CT molecular complexity index is 679. The number of fused-ring (bicyclic) bond motifs is 1. The van der Waals surface area contributed by atoms with Crippen LogP contribution < -0.4 is 5.32 Å². The number of carbonyl (C=O) groups excluding carboxylic acids is 1. The van der Waals surface area contributed by atoms with Crippen molar-refractivity contribution in [2.75, 3.05) is 5.32 Å². The third-order valence-electron chi connectivity index (χ3n) is 3.08. The smallest absolute Gasteiger partial charge is 0.185 e. The third-order valence-corrected chi connectivity index (χ3v) is 3.08. The first-order chi connectivity index (χ1) is 8.75.